The van der Waals surface area contributed by atoms with E-state index in [4.69, 9.17) is 22.1 Å². The van der Waals surface area contributed by atoms with Crippen LogP contribution in [0, 0.1) is 5.82 Å². The van der Waals surface area contributed by atoms with Crippen molar-refractivity contribution in [2.75, 3.05) is 0 Å². The number of benzene rings is 2. The summed E-state index contributed by atoms with van der Waals surface area (Å²) < 4.78 is 19.1. The Labute approximate surface area is 114 Å². The molecular formula is C14H11ClFNO2. The number of amides is 1. The highest BCUT2D eigenvalue weighted by molar-refractivity contribution is 6.17. The highest BCUT2D eigenvalue weighted by atomic mass is 35.5. The summed E-state index contributed by atoms with van der Waals surface area (Å²) in [5, 5.41) is 0. The van der Waals surface area contributed by atoms with E-state index in [1.54, 1.807) is 24.3 Å². The average Bonchev–Trinajstić information content (AvgIpc) is 2.41. The highest BCUT2D eigenvalue weighted by Crippen LogP contribution is 2.28. The van der Waals surface area contributed by atoms with Crippen molar-refractivity contribution < 1.29 is 13.9 Å². The van der Waals surface area contributed by atoms with Gasteiger partial charge in [0.1, 0.15) is 5.75 Å². The fraction of sp³-hybridized carbons (Fsp3) is 0.0714. The molecule has 2 N–H and O–H groups in total. The van der Waals surface area contributed by atoms with E-state index in [9.17, 15) is 9.18 Å². The number of carbonyl (C=O) groups is 1. The number of ether oxygens (including phenoxy) is 1. The normalized spacial score (nSPS) is 10.2. The molecule has 0 heterocycles. The number of carbonyl (C=O) groups excluding carboxylic acids is 1. The molecule has 0 aliphatic carbocycles. The third-order valence-electron chi connectivity index (χ3n) is 2.53. The van der Waals surface area contributed by atoms with Crippen molar-refractivity contribution in [2.24, 2.45) is 5.73 Å². The van der Waals surface area contributed by atoms with E-state index >= 15 is 0 Å². The van der Waals surface area contributed by atoms with Gasteiger partial charge in [-0.3, -0.25) is 4.79 Å². The summed E-state index contributed by atoms with van der Waals surface area (Å²) >= 11 is 5.67. The number of nitrogens with two attached hydrogens (primary N) is 1. The minimum atomic E-state index is -0.744. The molecule has 0 aliphatic rings. The number of halogens is 2. The van der Waals surface area contributed by atoms with Crippen molar-refractivity contribution in [3.63, 3.8) is 0 Å². The first-order valence-electron chi connectivity index (χ1n) is 5.53. The molecule has 2 aromatic rings. The van der Waals surface area contributed by atoms with Crippen molar-refractivity contribution in [2.45, 2.75) is 5.88 Å². The minimum absolute atomic E-state index is 0.00131. The molecule has 5 heteroatoms. The van der Waals surface area contributed by atoms with Gasteiger partial charge in [-0.2, -0.15) is 0 Å². The maximum atomic E-state index is 13.7. The molecule has 0 aliphatic heterocycles. The summed E-state index contributed by atoms with van der Waals surface area (Å²) in [5.41, 5.74) is 6.10. The monoisotopic (exact) mass is 279 g/mol. The summed E-state index contributed by atoms with van der Waals surface area (Å²) in [5.74, 6) is -0.772. The molecule has 0 radical (unpaired) electrons. The molecule has 0 saturated carbocycles. The van der Waals surface area contributed by atoms with Crippen molar-refractivity contribution in [1.82, 2.24) is 0 Å². The van der Waals surface area contributed by atoms with Gasteiger partial charge in [0.15, 0.2) is 11.6 Å². The molecule has 0 aromatic heterocycles. The largest absolute Gasteiger partial charge is 0.453 e. The van der Waals surface area contributed by atoms with Crippen LogP contribution in [0.3, 0.4) is 0 Å². The standard InChI is InChI=1S/C14H11ClFNO2/c15-8-9-4-6-10(7-5-9)19-13-11(14(17)18)2-1-3-12(13)16/h1-7H,8H2,(H2,17,18). The Kier molecular flexibility index (Phi) is 4.02. The summed E-state index contributed by atoms with van der Waals surface area (Å²) in [6, 6.07) is 10.8. The molecule has 0 spiro atoms. The van der Waals surface area contributed by atoms with E-state index in [-0.39, 0.29) is 11.3 Å². The van der Waals surface area contributed by atoms with Crippen LogP contribution in [0.1, 0.15) is 15.9 Å². The van der Waals surface area contributed by atoms with Crippen LogP contribution in [0.25, 0.3) is 0 Å². The fourth-order valence-corrected chi connectivity index (χ4v) is 1.75. The molecule has 3 nitrogen and oxygen atoms in total. The number of para-hydroxylation sites is 1. The smallest absolute Gasteiger partial charge is 0.252 e. The lowest BCUT2D eigenvalue weighted by molar-refractivity contribution is 0.0997. The first-order chi connectivity index (χ1) is 9.11. The average molecular weight is 280 g/mol. The number of hydrogen-bond acceptors (Lipinski definition) is 2. The lowest BCUT2D eigenvalue weighted by Crippen LogP contribution is -2.12. The molecule has 2 aromatic carbocycles. The van der Waals surface area contributed by atoms with Crippen molar-refractivity contribution >= 4 is 17.5 Å². The molecule has 98 valence electrons. The fourth-order valence-electron chi connectivity index (χ4n) is 1.57. The Morgan fingerprint density at radius 3 is 2.47 bits per heavy atom. The maximum absolute atomic E-state index is 13.7. The molecule has 1 amide bonds. The van der Waals surface area contributed by atoms with E-state index < -0.39 is 11.7 Å². The van der Waals surface area contributed by atoms with Gasteiger partial charge < -0.3 is 10.5 Å². The third-order valence-corrected chi connectivity index (χ3v) is 2.84. The van der Waals surface area contributed by atoms with Crippen molar-refractivity contribution in [3.05, 3.63) is 59.4 Å². The number of primary amides is 1. The zero-order valence-corrected chi connectivity index (χ0v) is 10.7. The summed E-state index contributed by atoms with van der Waals surface area (Å²) in [6.07, 6.45) is 0. The number of hydrogen-bond donors (Lipinski definition) is 1. The molecule has 0 unspecified atom stereocenters. The maximum Gasteiger partial charge on any atom is 0.252 e. The lowest BCUT2D eigenvalue weighted by Gasteiger charge is -2.10. The second-order valence-electron chi connectivity index (χ2n) is 3.86. The van der Waals surface area contributed by atoms with Crippen LogP contribution in [0.5, 0.6) is 11.5 Å². The zero-order chi connectivity index (χ0) is 13.8. The Morgan fingerprint density at radius 1 is 1.21 bits per heavy atom. The minimum Gasteiger partial charge on any atom is -0.453 e. The van der Waals surface area contributed by atoms with Gasteiger partial charge in [-0.25, -0.2) is 4.39 Å². The third kappa shape index (κ3) is 3.03. The van der Waals surface area contributed by atoms with Gasteiger partial charge in [-0.05, 0) is 29.8 Å². The Morgan fingerprint density at radius 2 is 1.89 bits per heavy atom. The van der Waals surface area contributed by atoms with Gasteiger partial charge in [-0.1, -0.05) is 18.2 Å². The van der Waals surface area contributed by atoms with Gasteiger partial charge in [0, 0.05) is 5.88 Å². The quantitative estimate of drug-likeness (QED) is 0.872. The number of rotatable bonds is 4. The van der Waals surface area contributed by atoms with E-state index in [2.05, 4.69) is 0 Å². The van der Waals surface area contributed by atoms with Gasteiger partial charge in [0.25, 0.3) is 5.91 Å². The van der Waals surface area contributed by atoms with Gasteiger partial charge in [0.2, 0.25) is 0 Å². The van der Waals surface area contributed by atoms with Crippen LogP contribution in [-0.4, -0.2) is 5.91 Å². The summed E-state index contributed by atoms with van der Waals surface area (Å²) in [7, 11) is 0. The molecule has 0 atom stereocenters. The molecule has 0 saturated heterocycles. The summed E-state index contributed by atoms with van der Waals surface area (Å²) in [4.78, 5) is 11.2. The van der Waals surface area contributed by atoms with Gasteiger partial charge in [0.05, 0.1) is 5.56 Å². The molecule has 19 heavy (non-hydrogen) atoms. The van der Waals surface area contributed by atoms with Gasteiger partial charge in [-0.15, -0.1) is 11.6 Å². The first kappa shape index (κ1) is 13.4. The highest BCUT2D eigenvalue weighted by Gasteiger charge is 2.14. The van der Waals surface area contributed by atoms with E-state index in [1.807, 2.05) is 0 Å². The first-order valence-corrected chi connectivity index (χ1v) is 6.06. The predicted octanol–water partition coefficient (Wildman–Crippen LogP) is 3.46. The van der Waals surface area contributed by atoms with Gasteiger partial charge >= 0.3 is 0 Å². The lowest BCUT2D eigenvalue weighted by atomic mass is 10.2. The second-order valence-corrected chi connectivity index (χ2v) is 4.13. The van der Waals surface area contributed by atoms with Crippen LogP contribution < -0.4 is 10.5 Å². The molecular weight excluding hydrogens is 269 g/mol. The molecule has 2 rings (SSSR count). The topological polar surface area (TPSA) is 52.3 Å². The van der Waals surface area contributed by atoms with Crippen LogP contribution in [0.15, 0.2) is 42.5 Å². The van der Waals surface area contributed by atoms with E-state index in [1.165, 1.54) is 18.2 Å². The van der Waals surface area contributed by atoms with Crippen LogP contribution >= 0.6 is 11.6 Å². The zero-order valence-electron chi connectivity index (χ0n) is 9.90. The van der Waals surface area contributed by atoms with Crippen molar-refractivity contribution in [1.29, 1.82) is 0 Å². The molecule has 0 fully saturated rings. The van der Waals surface area contributed by atoms with Crippen molar-refractivity contribution in [3.8, 4) is 11.5 Å². The molecule has 0 bridgehead atoms. The number of alkyl halides is 1. The van der Waals surface area contributed by atoms with Crippen LogP contribution in [0.2, 0.25) is 0 Å². The van der Waals surface area contributed by atoms with Crippen LogP contribution in [0.4, 0.5) is 4.39 Å². The Hall–Kier alpha value is -2.07. The Bertz CT molecular complexity index is 599. The van der Waals surface area contributed by atoms with E-state index in [0.717, 1.165) is 5.56 Å². The summed E-state index contributed by atoms with van der Waals surface area (Å²) in [6.45, 7) is 0. The SMILES string of the molecule is NC(=O)c1cccc(F)c1Oc1ccc(CCl)cc1. The second kappa shape index (κ2) is 5.71. The van der Waals surface area contributed by atoms with Crippen LogP contribution in [-0.2, 0) is 5.88 Å². The Balaban J connectivity index is 2.34. The van der Waals surface area contributed by atoms with E-state index in [0.29, 0.717) is 11.6 Å². The predicted molar refractivity (Wildman–Crippen MR) is 71.0 cm³/mol.